The Kier molecular flexibility index (Phi) is 3.89. The third-order valence-electron chi connectivity index (χ3n) is 2.57. The molecule has 1 aromatic carbocycles. The molecule has 2 aromatic rings. The molecule has 18 heavy (non-hydrogen) atoms. The van der Waals surface area contributed by atoms with Gasteiger partial charge in [0.15, 0.2) is 6.29 Å². The van der Waals surface area contributed by atoms with Crippen molar-refractivity contribution in [3.63, 3.8) is 0 Å². The molecule has 0 amide bonds. The number of nitrogens with zero attached hydrogens (tertiary/aromatic N) is 3. The third-order valence-corrected chi connectivity index (χ3v) is 2.82. The summed E-state index contributed by atoms with van der Waals surface area (Å²) in [5.74, 6) is 0. The Hall–Kier alpha value is -1.94. The van der Waals surface area contributed by atoms with Crippen LogP contribution in [0.1, 0.15) is 21.7 Å². The van der Waals surface area contributed by atoms with Gasteiger partial charge in [0.05, 0.1) is 12.2 Å². The second-order valence-electron chi connectivity index (χ2n) is 3.81. The van der Waals surface area contributed by atoms with Gasteiger partial charge in [-0.25, -0.2) is 4.68 Å². The Morgan fingerprint density at radius 1 is 1.33 bits per heavy atom. The van der Waals surface area contributed by atoms with Gasteiger partial charge in [-0.2, -0.15) is 0 Å². The molecular weight excluding hydrogens is 250 g/mol. The Morgan fingerprint density at radius 3 is 2.67 bits per heavy atom. The Morgan fingerprint density at radius 2 is 2.06 bits per heavy atom. The van der Waals surface area contributed by atoms with Crippen molar-refractivity contribution in [2.75, 3.05) is 0 Å². The lowest BCUT2D eigenvalue weighted by Crippen LogP contribution is -2.05. The number of allylic oxidation sites excluding steroid dienone is 1. The largest absolute Gasteiger partial charge is 0.296 e. The van der Waals surface area contributed by atoms with Crippen LogP contribution in [0, 0.1) is 0 Å². The van der Waals surface area contributed by atoms with Crippen LogP contribution < -0.4 is 0 Å². The highest BCUT2D eigenvalue weighted by Crippen LogP contribution is 2.14. The van der Waals surface area contributed by atoms with Crippen molar-refractivity contribution in [3.8, 4) is 0 Å². The second-order valence-corrected chi connectivity index (χ2v) is 4.25. The van der Waals surface area contributed by atoms with Crippen molar-refractivity contribution in [2.24, 2.45) is 0 Å². The highest BCUT2D eigenvalue weighted by molar-refractivity contribution is 6.30. The number of carbonyl (C=O) groups is 1. The van der Waals surface area contributed by atoms with E-state index in [4.69, 9.17) is 11.6 Å². The minimum Gasteiger partial charge on any atom is -0.296 e. The van der Waals surface area contributed by atoms with E-state index in [9.17, 15) is 4.79 Å². The van der Waals surface area contributed by atoms with E-state index in [1.54, 1.807) is 10.8 Å². The van der Waals surface area contributed by atoms with Crippen LogP contribution in [-0.2, 0) is 13.0 Å². The van der Waals surface area contributed by atoms with Crippen molar-refractivity contribution in [1.29, 1.82) is 0 Å². The van der Waals surface area contributed by atoms with Crippen LogP contribution in [0.4, 0.5) is 0 Å². The number of hydrogen-bond acceptors (Lipinski definition) is 3. The van der Waals surface area contributed by atoms with Gasteiger partial charge in [0.1, 0.15) is 5.69 Å². The number of aldehydes is 1. The summed E-state index contributed by atoms with van der Waals surface area (Å²) in [6.45, 7) is 4.19. The fraction of sp³-hybridized carbons (Fsp3) is 0.154. The number of carbonyl (C=O) groups excluding carboxylic acids is 1. The van der Waals surface area contributed by atoms with E-state index in [0.717, 1.165) is 17.5 Å². The smallest absolute Gasteiger partial charge is 0.172 e. The standard InChI is InChI=1S/C13H12ClN3O/c1-2-7-17-13(12(9-18)15-16-17)8-10-3-5-11(14)6-4-10/h2-6,9H,1,7-8H2. The van der Waals surface area contributed by atoms with Gasteiger partial charge < -0.3 is 0 Å². The molecule has 0 saturated carbocycles. The highest BCUT2D eigenvalue weighted by Gasteiger charge is 2.11. The summed E-state index contributed by atoms with van der Waals surface area (Å²) in [4.78, 5) is 10.9. The Balaban J connectivity index is 2.31. The van der Waals surface area contributed by atoms with Gasteiger partial charge in [-0.1, -0.05) is 35.0 Å². The van der Waals surface area contributed by atoms with Crippen LogP contribution in [0.2, 0.25) is 5.02 Å². The van der Waals surface area contributed by atoms with Crippen molar-refractivity contribution in [3.05, 3.63) is 58.9 Å². The number of hydrogen-bond donors (Lipinski definition) is 0. The lowest BCUT2D eigenvalue weighted by atomic mass is 10.1. The van der Waals surface area contributed by atoms with Crippen LogP contribution in [0.3, 0.4) is 0 Å². The topological polar surface area (TPSA) is 47.8 Å². The van der Waals surface area contributed by atoms with E-state index in [0.29, 0.717) is 23.7 Å². The number of rotatable bonds is 5. The summed E-state index contributed by atoms with van der Waals surface area (Å²) in [6.07, 6.45) is 3.03. The van der Waals surface area contributed by atoms with Crippen LogP contribution in [-0.4, -0.2) is 21.3 Å². The average molecular weight is 262 g/mol. The monoisotopic (exact) mass is 261 g/mol. The van der Waals surface area contributed by atoms with E-state index in [1.165, 1.54) is 0 Å². The molecule has 0 saturated heterocycles. The van der Waals surface area contributed by atoms with Crippen molar-refractivity contribution in [1.82, 2.24) is 15.0 Å². The molecule has 0 spiro atoms. The Labute approximate surface area is 110 Å². The molecule has 2 rings (SSSR count). The molecule has 0 aliphatic carbocycles. The zero-order chi connectivity index (χ0) is 13.0. The summed E-state index contributed by atoms with van der Waals surface area (Å²) >= 11 is 5.83. The van der Waals surface area contributed by atoms with E-state index in [1.807, 2.05) is 24.3 Å². The molecule has 0 N–H and O–H groups in total. The highest BCUT2D eigenvalue weighted by atomic mass is 35.5. The molecule has 4 nitrogen and oxygen atoms in total. The molecule has 5 heteroatoms. The van der Waals surface area contributed by atoms with E-state index >= 15 is 0 Å². The minimum atomic E-state index is 0.367. The molecular formula is C13H12ClN3O. The van der Waals surface area contributed by atoms with Gasteiger partial charge in [-0.05, 0) is 17.7 Å². The third kappa shape index (κ3) is 2.65. The van der Waals surface area contributed by atoms with Crippen LogP contribution in [0.15, 0.2) is 36.9 Å². The first kappa shape index (κ1) is 12.5. The first-order valence-electron chi connectivity index (χ1n) is 5.47. The molecule has 0 unspecified atom stereocenters. The maximum atomic E-state index is 10.9. The number of aromatic nitrogens is 3. The molecule has 0 atom stereocenters. The lowest BCUT2D eigenvalue weighted by molar-refractivity contribution is 0.111. The zero-order valence-electron chi connectivity index (χ0n) is 9.71. The molecule has 0 radical (unpaired) electrons. The van der Waals surface area contributed by atoms with Gasteiger partial charge in [0.2, 0.25) is 0 Å². The SMILES string of the molecule is C=CCn1nnc(C=O)c1Cc1ccc(Cl)cc1. The van der Waals surface area contributed by atoms with Gasteiger partial charge in [0, 0.05) is 11.4 Å². The predicted octanol–water partition coefficient (Wildman–Crippen LogP) is 2.52. The van der Waals surface area contributed by atoms with Gasteiger partial charge in [-0.15, -0.1) is 11.7 Å². The van der Waals surface area contributed by atoms with Crippen molar-refractivity contribution >= 4 is 17.9 Å². The quantitative estimate of drug-likeness (QED) is 0.614. The van der Waals surface area contributed by atoms with Gasteiger partial charge in [-0.3, -0.25) is 4.79 Å². The van der Waals surface area contributed by atoms with Gasteiger partial charge >= 0.3 is 0 Å². The number of benzene rings is 1. The molecule has 1 heterocycles. The van der Waals surface area contributed by atoms with Gasteiger partial charge in [0.25, 0.3) is 0 Å². The summed E-state index contributed by atoms with van der Waals surface area (Å²) in [5.41, 5.74) is 2.20. The summed E-state index contributed by atoms with van der Waals surface area (Å²) in [6, 6.07) is 7.47. The minimum absolute atomic E-state index is 0.367. The summed E-state index contributed by atoms with van der Waals surface area (Å²) < 4.78 is 1.67. The van der Waals surface area contributed by atoms with E-state index in [-0.39, 0.29) is 0 Å². The Bertz CT molecular complexity index is 560. The second kappa shape index (κ2) is 5.60. The maximum absolute atomic E-state index is 10.9. The van der Waals surface area contributed by atoms with Crippen LogP contribution in [0.25, 0.3) is 0 Å². The average Bonchev–Trinajstić information content (AvgIpc) is 2.75. The molecule has 0 bridgehead atoms. The molecule has 0 fully saturated rings. The first-order valence-corrected chi connectivity index (χ1v) is 5.85. The summed E-state index contributed by atoms with van der Waals surface area (Å²) in [7, 11) is 0. The van der Waals surface area contributed by atoms with Crippen LogP contribution in [0.5, 0.6) is 0 Å². The molecule has 1 aromatic heterocycles. The summed E-state index contributed by atoms with van der Waals surface area (Å²) in [5, 5.41) is 8.45. The molecule has 0 aliphatic rings. The van der Waals surface area contributed by atoms with Crippen molar-refractivity contribution in [2.45, 2.75) is 13.0 Å². The maximum Gasteiger partial charge on any atom is 0.172 e. The van der Waals surface area contributed by atoms with Crippen LogP contribution >= 0.6 is 11.6 Å². The fourth-order valence-electron chi connectivity index (χ4n) is 1.68. The van der Waals surface area contributed by atoms with E-state index < -0.39 is 0 Å². The predicted molar refractivity (Wildman–Crippen MR) is 69.9 cm³/mol. The normalized spacial score (nSPS) is 10.3. The molecule has 0 aliphatic heterocycles. The fourth-order valence-corrected chi connectivity index (χ4v) is 1.81. The van der Waals surface area contributed by atoms with Crippen molar-refractivity contribution < 1.29 is 4.79 Å². The lowest BCUT2D eigenvalue weighted by Gasteiger charge is -2.04. The first-order chi connectivity index (χ1) is 8.74. The van der Waals surface area contributed by atoms with E-state index in [2.05, 4.69) is 16.9 Å². The number of halogens is 1. The zero-order valence-corrected chi connectivity index (χ0v) is 10.5. The molecule has 92 valence electrons.